The van der Waals surface area contributed by atoms with Crippen molar-refractivity contribution >= 4 is 25.4 Å². The summed E-state index contributed by atoms with van der Waals surface area (Å²) in [5.74, 6) is -2.55. The number of para-hydroxylation sites is 2. The van der Waals surface area contributed by atoms with Gasteiger partial charge in [-0.1, -0.05) is 43.3 Å². The number of carboxylic acid groups (broad SMARTS) is 1. The number of ether oxygens (including phenoxy) is 1. The molecule has 0 aliphatic heterocycles. The van der Waals surface area contributed by atoms with Crippen LogP contribution < -0.4 is 9.05 Å². The van der Waals surface area contributed by atoms with Crippen LogP contribution in [-0.2, 0) is 23.7 Å². The van der Waals surface area contributed by atoms with Crippen molar-refractivity contribution in [3.63, 3.8) is 0 Å². The molecule has 2 aromatic rings. The number of benzene rings is 2. The van der Waals surface area contributed by atoms with E-state index in [0.29, 0.717) is 0 Å². The highest BCUT2D eigenvalue weighted by molar-refractivity contribution is 7.54. The van der Waals surface area contributed by atoms with Crippen molar-refractivity contribution in [2.45, 2.75) is 32.7 Å². The van der Waals surface area contributed by atoms with E-state index < -0.39 is 44.2 Å². The lowest BCUT2D eigenvalue weighted by Crippen LogP contribution is -2.46. The number of esters is 1. The predicted octanol–water partition coefficient (Wildman–Crippen LogP) is 3.94. The second-order valence-electron chi connectivity index (χ2n) is 6.67. The van der Waals surface area contributed by atoms with Crippen LogP contribution in [0.15, 0.2) is 60.7 Å². The van der Waals surface area contributed by atoms with Crippen LogP contribution in [0.25, 0.3) is 0 Å². The molecular weight excluding hydrogens is 437 g/mol. The Balaban J connectivity index is 2.40. The first kappa shape index (κ1) is 24.9. The molecular formula is C22H26NO8P. The second kappa shape index (κ2) is 11.9. The van der Waals surface area contributed by atoms with Gasteiger partial charge in [0.15, 0.2) is 0 Å². The highest BCUT2D eigenvalue weighted by Gasteiger charge is 2.39. The molecule has 0 aliphatic carbocycles. The molecule has 172 valence electrons. The summed E-state index contributed by atoms with van der Waals surface area (Å²) in [7, 11) is -4.15. The lowest BCUT2D eigenvalue weighted by atomic mass is 10.2. The van der Waals surface area contributed by atoms with Crippen LogP contribution >= 0.6 is 7.60 Å². The van der Waals surface area contributed by atoms with E-state index in [2.05, 4.69) is 0 Å². The monoisotopic (exact) mass is 463 g/mol. The maximum atomic E-state index is 13.8. The zero-order valence-electron chi connectivity index (χ0n) is 17.9. The Bertz CT molecular complexity index is 905. The van der Waals surface area contributed by atoms with Crippen molar-refractivity contribution in [2.24, 2.45) is 0 Å². The fourth-order valence-electron chi connectivity index (χ4n) is 2.86. The molecule has 0 heterocycles. The molecule has 0 saturated carbocycles. The third-order valence-electron chi connectivity index (χ3n) is 4.27. The lowest BCUT2D eigenvalue weighted by molar-refractivity contribution is -0.154. The fraction of sp³-hybridized carbons (Fsp3) is 0.318. The van der Waals surface area contributed by atoms with Gasteiger partial charge in [-0.25, -0.2) is 9.36 Å². The average molecular weight is 463 g/mol. The highest BCUT2D eigenvalue weighted by atomic mass is 31.2. The normalized spacial score (nSPS) is 11.8. The number of amides is 1. The molecule has 1 N–H and O–H groups in total. The Hall–Kier alpha value is -3.32. The molecule has 2 aromatic carbocycles. The summed E-state index contributed by atoms with van der Waals surface area (Å²) >= 11 is 0. The molecule has 0 aromatic heterocycles. The molecule has 0 radical (unpaired) electrons. The smallest absolute Gasteiger partial charge is 0.450 e. The summed E-state index contributed by atoms with van der Waals surface area (Å²) in [6, 6.07) is 15.0. The van der Waals surface area contributed by atoms with Gasteiger partial charge >= 0.3 is 19.5 Å². The maximum Gasteiger partial charge on any atom is 0.450 e. The third-order valence-corrected chi connectivity index (χ3v) is 5.90. The van der Waals surface area contributed by atoms with Crippen LogP contribution in [0.5, 0.6) is 11.5 Å². The van der Waals surface area contributed by atoms with Crippen molar-refractivity contribution in [1.82, 2.24) is 4.90 Å². The molecule has 1 unspecified atom stereocenters. The number of hydrogen-bond acceptors (Lipinski definition) is 7. The van der Waals surface area contributed by atoms with Gasteiger partial charge in [0.2, 0.25) is 5.91 Å². The van der Waals surface area contributed by atoms with Crippen LogP contribution in [0.4, 0.5) is 0 Å². The fourth-order valence-corrected chi connectivity index (χ4v) is 4.63. The van der Waals surface area contributed by atoms with Crippen molar-refractivity contribution in [3.05, 3.63) is 60.7 Å². The van der Waals surface area contributed by atoms with Gasteiger partial charge in [-0.2, -0.15) is 0 Å². The molecule has 0 spiro atoms. The van der Waals surface area contributed by atoms with Crippen molar-refractivity contribution < 1.29 is 37.8 Å². The topological polar surface area (TPSA) is 119 Å². The minimum Gasteiger partial charge on any atom is -0.480 e. The van der Waals surface area contributed by atoms with Crippen LogP contribution in [-0.4, -0.2) is 46.8 Å². The summed E-state index contributed by atoms with van der Waals surface area (Å²) in [4.78, 5) is 37.3. The maximum absolute atomic E-state index is 13.8. The van der Waals surface area contributed by atoms with E-state index in [1.165, 1.54) is 0 Å². The Kier molecular flexibility index (Phi) is 9.28. The summed E-state index contributed by atoms with van der Waals surface area (Å²) in [5.41, 5.74) is 0. The van der Waals surface area contributed by atoms with Gasteiger partial charge in [0.05, 0.1) is 6.61 Å². The Morgan fingerprint density at radius 1 is 0.938 bits per heavy atom. The summed E-state index contributed by atoms with van der Waals surface area (Å²) < 4.78 is 29.9. The number of nitrogens with zero attached hydrogens (tertiary/aromatic N) is 1. The van der Waals surface area contributed by atoms with Gasteiger partial charge in [0.1, 0.15) is 30.2 Å². The van der Waals surface area contributed by atoms with E-state index >= 15 is 0 Å². The van der Waals surface area contributed by atoms with Crippen LogP contribution in [0.2, 0.25) is 0 Å². The number of carbonyl (C=O) groups excluding carboxylic acids is 2. The third kappa shape index (κ3) is 7.42. The first-order chi connectivity index (χ1) is 15.3. The quantitative estimate of drug-likeness (QED) is 0.286. The molecule has 0 bridgehead atoms. The number of rotatable bonds is 12. The summed E-state index contributed by atoms with van der Waals surface area (Å²) in [6.07, 6.45) is -1.37. The van der Waals surface area contributed by atoms with Crippen molar-refractivity contribution in [1.29, 1.82) is 0 Å². The van der Waals surface area contributed by atoms with E-state index in [9.17, 15) is 24.1 Å². The van der Waals surface area contributed by atoms with Crippen LogP contribution in [0, 0.1) is 0 Å². The van der Waals surface area contributed by atoms with Crippen LogP contribution in [0.3, 0.4) is 0 Å². The standard InChI is InChI=1S/C22H26NO8P/c1-3-19(22(26)27)23(20(24)15-21(25)29-4-2)16-32(28,30-17-11-7-5-8-12-17)31-18-13-9-6-10-14-18/h5-14,19H,3-4,15-16H2,1-2H3,(H,26,27). The zero-order valence-corrected chi connectivity index (χ0v) is 18.8. The van der Waals surface area contributed by atoms with E-state index in [1.807, 2.05) is 0 Å². The predicted molar refractivity (Wildman–Crippen MR) is 116 cm³/mol. The number of carboxylic acids is 1. The van der Waals surface area contributed by atoms with Gasteiger partial charge in [-0.3, -0.25) is 9.59 Å². The van der Waals surface area contributed by atoms with E-state index in [-0.39, 0.29) is 24.5 Å². The second-order valence-corrected chi connectivity index (χ2v) is 8.54. The molecule has 1 atom stereocenters. The molecule has 0 saturated heterocycles. The number of carbonyl (C=O) groups is 3. The number of hydrogen-bond donors (Lipinski definition) is 1. The first-order valence-corrected chi connectivity index (χ1v) is 11.8. The minimum atomic E-state index is -4.15. The first-order valence-electron chi connectivity index (χ1n) is 10.0. The molecule has 10 heteroatoms. The Morgan fingerprint density at radius 3 is 1.84 bits per heavy atom. The molecule has 32 heavy (non-hydrogen) atoms. The highest BCUT2D eigenvalue weighted by Crippen LogP contribution is 2.49. The van der Waals surface area contributed by atoms with Gasteiger partial charge in [-0.05, 0) is 37.6 Å². The van der Waals surface area contributed by atoms with Crippen molar-refractivity contribution in [3.8, 4) is 11.5 Å². The summed E-state index contributed by atoms with van der Waals surface area (Å²) in [5, 5.41) is 9.62. The molecule has 0 fully saturated rings. The van der Waals surface area contributed by atoms with E-state index in [4.69, 9.17) is 13.8 Å². The summed E-state index contributed by atoms with van der Waals surface area (Å²) in [6.45, 7) is 3.21. The van der Waals surface area contributed by atoms with Gasteiger partial charge < -0.3 is 23.8 Å². The largest absolute Gasteiger partial charge is 0.480 e. The van der Waals surface area contributed by atoms with Crippen LogP contribution in [0.1, 0.15) is 26.7 Å². The van der Waals surface area contributed by atoms with Gasteiger partial charge in [0.25, 0.3) is 0 Å². The SMILES string of the molecule is CCOC(=O)CC(=O)N(CP(=O)(Oc1ccccc1)Oc1ccccc1)C(CC)C(=O)O. The number of aliphatic carboxylic acids is 1. The zero-order chi connectivity index (χ0) is 23.6. The molecule has 0 aliphatic rings. The van der Waals surface area contributed by atoms with E-state index in [0.717, 1.165) is 4.90 Å². The van der Waals surface area contributed by atoms with Gasteiger partial charge in [0, 0.05) is 0 Å². The molecule has 2 rings (SSSR count). The van der Waals surface area contributed by atoms with E-state index in [1.54, 1.807) is 74.5 Å². The lowest BCUT2D eigenvalue weighted by Gasteiger charge is -2.31. The minimum absolute atomic E-state index is 0.0145. The van der Waals surface area contributed by atoms with Gasteiger partial charge in [-0.15, -0.1) is 0 Å². The Labute approximate surface area is 186 Å². The van der Waals surface area contributed by atoms with Crippen molar-refractivity contribution in [2.75, 3.05) is 12.9 Å². The average Bonchev–Trinajstić information content (AvgIpc) is 2.74. The molecule has 9 nitrogen and oxygen atoms in total. The Morgan fingerprint density at radius 2 is 1.44 bits per heavy atom. The molecule has 1 amide bonds.